The van der Waals surface area contributed by atoms with Crippen LogP contribution in [0.5, 0.6) is 0 Å². The second-order valence-electron chi connectivity index (χ2n) is 7.19. The van der Waals surface area contributed by atoms with E-state index in [1.807, 2.05) is 75.4 Å². The summed E-state index contributed by atoms with van der Waals surface area (Å²) in [6, 6.07) is 17.4. The molecule has 0 atom stereocenters. The highest BCUT2D eigenvalue weighted by Gasteiger charge is 2.11. The van der Waals surface area contributed by atoms with Crippen molar-refractivity contribution < 1.29 is 4.79 Å². The molecule has 0 spiro atoms. The molecule has 7 heteroatoms. The topological polar surface area (TPSA) is 84.7 Å². The van der Waals surface area contributed by atoms with Crippen LogP contribution in [0.4, 0.5) is 5.82 Å². The minimum atomic E-state index is -0.0880. The van der Waals surface area contributed by atoms with Gasteiger partial charge in [0.15, 0.2) is 5.82 Å². The molecule has 30 heavy (non-hydrogen) atoms. The van der Waals surface area contributed by atoms with Gasteiger partial charge < -0.3 is 10.6 Å². The highest BCUT2D eigenvalue weighted by Crippen LogP contribution is 2.18. The van der Waals surface area contributed by atoms with Crippen LogP contribution >= 0.6 is 0 Å². The van der Waals surface area contributed by atoms with E-state index in [0.717, 1.165) is 27.7 Å². The summed E-state index contributed by atoms with van der Waals surface area (Å²) in [5.41, 5.74) is 3.87. The fourth-order valence-electron chi connectivity index (χ4n) is 3.36. The summed E-state index contributed by atoms with van der Waals surface area (Å²) in [6.45, 7) is 7.06. The molecule has 0 radical (unpaired) electrons. The first-order valence-corrected chi connectivity index (χ1v) is 9.91. The molecule has 2 heterocycles. The molecule has 0 saturated carbocycles. The van der Waals surface area contributed by atoms with Crippen LogP contribution in [0.2, 0.25) is 0 Å². The van der Waals surface area contributed by atoms with Gasteiger partial charge in [-0.15, -0.1) is 10.2 Å². The average Bonchev–Trinajstić information content (AvgIpc) is 3.04. The van der Waals surface area contributed by atoms with E-state index in [1.54, 1.807) is 4.68 Å². The van der Waals surface area contributed by atoms with Gasteiger partial charge in [0.2, 0.25) is 0 Å². The molecule has 0 saturated heterocycles. The molecule has 0 fully saturated rings. The zero-order chi connectivity index (χ0) is 21.1. The van der Waals surface area contributed by atoms with E-state index in [0.29, 0.717) is 30.3 Å². The lowest BCUT2D eigenvalue weighted by atomic mass is 10.0. The monoisotopic (exact) mass is 400 g/mol. The second kappa shape index (κ2) is 8.32. The summed E-state index contributed by atoms with van der Waals surface area (Å²) in [5, 5.41) is 21.1. The molecule has 152 valence electrons. The van der Waals surface area contributed by atoms with Gasteiger partial charge in [-0.3, -0.25) is 4.79 Å². The SMILES string of the molecule is Cc1nn(-c2ccc(NCCNC(=O)c3cccc4ccccc34)nn2)c(C)c1C. The first-order valence-electron chi connectivity index (χ1n) is 9.91. The third kappa shape index (κ3) is 3.87. The minimum absolute atomic E-state index is 0.0880. The van der Waals surface area contributed by atoms with Crippen molar-refractivity contribution in [3.63, 3.8) is 0 Å². The zero-order valence-corrected chi connectivity index (χ0v) is 17.3. The number of carbonyl (C=O) groups excluding carboxylic acids is 1. The van der Waals surface area contributed by atoms with E-state index >= 15 is 0 Å². The van der Waals surface area contributed by atoms with Crippen LogP contribution in [0.25, 0.3) is 16.6 Å². The van der Waals surface area contributed by atoms with Crippen molar-refractivity contribution in [2.24, 2.45) is 0 Å². The highest BCUT2D eigenvalue weighted by atomic mass is 16.1. The van der Waals surface area contributed by atoms with Gasteiger partial charge >= 0.3 is 0 Å². The van der Waals surface area contributed by atoms with Crippen LogP contribution in [0.15, 0.2) is 54.6 Å². The third-order valence-corrected chi connectivity index (χ3v) is 5.27. The fourth-order valence-corrected chi connectivity index (χ4v) is 3.36. The van der Waals surface area contributed by atoms with E-state index in [-0.39, 0.29) is 5.91 Å². The number of rotatable bonds is 6. The number of amides is 1. The summed E-state index contributed by atoms with van der Waals surface area (Å²) < 4.78 is 1.80. The third-order valence-electron chi connectivity index (χ3n) is 5.27. The standard InChI is InChI=1S/C23H24N6O/c1-15-16(2)28-29(17(15)3)22-12-11-21(26-27-22)24-13-14-25-23(30)20-10-6-8-18-7-4-5-9-19(18)20/h4-12H,13-14H2,1-3H3,(H,24,26)(H,25,30). The lowest BCUT2D eigenvalue weighted by molar-refractivity contribution is 0.0957. The van der Waals surface area contributed by atoms with E-state index < -0.39 is 0 Å². The van der Waals surface area contributed by atoms with Crippen molar-refractivity contribution >= 4 is 22.5 Å². The van der Waals surface area contributed by atoms with Gasteiger partial charge in [-0.1, -0.05) is 36.4 Å². The molecular formula is C23H24N6O. The predicted octanol–water partition coefficient (Wildman–Crippen LogP) is 3.58. The molecule has 2 aromatic carbocycles. The van der Waals surface area contributed by atoms with E-state index in [2.05, 4.69) is 25.9 Å². The Balaban J connectivity index is 1.33. The molecule has 2 N–H and O–H groups in total. The molecule has 1 amide bonds. The van der Waals surface area contributed by atoms with Gasteiger partial charge in [0.25, 0.3) is 5.91 Å². The summed E-state index contributed by atoms with van der Waals surface area (Å²) in [4.78, 5) is 12.6. The molecular weight excluding hydrogens is 376 g/mol. The minimum Gasteiger partial charge on any atom is -0.367 e. The number of hydrogen-bond acceptors (Lipinski definition) is 5. The smallest absolute Gasteiger partial charge is 0.251 e. The lowest BCUT2D eigenvalue weighted by Crippen LogP contribution is -2.29. The molecule has 0 aliphatic carbocycles. The van der Waals surface area contributed by atoms with Gasteiger partial charge in [-0.25, -0.2) is 4.68 Å². The normalized spacial score (nSPS) is 10.9. The number of hydrogen-bond donors (Lipinski definition) is 2. The molecule has 0 unspecified atom stereocenters. The first-order chi connectivity index (χ1) is 14.5. The Morgan fingerprint density at radius 2 is 1.73 bits per heavy atom. The van der Waals surface area contributed by atoms with Crippen LogP contribution < -0.4 is 10.6 Å². The number of carbonyl (C=O) groups is 1. The predicted molar refractivity (Wildman–Crippen MR) is 118 cm³/mol. The van der Waals surface area contributed by atoms with Crippen molar-refractivity contribution in [3.8, 4) is 5.82 Å². The van der Waals surface area contributed by atoms with Crippen LogP contribution in [0.1, 0.15) is 27.3 Å². The quantitative estimate of drug-likeness (QED) is 0.483. The molecule has 0 aliphatic heterocycles. The number of nitrogens with one attached hydrogen (secondary N) is 2. The molecule has 2 aromatic heterocycles. The van der Waals surface area contributed by atoms with E-state index in [9.17, 15) is 4.79 Å². The maximum Gasteiger partial charge on any atom is 0.251 e. The maximum absolute atomic E-state index is 12.6. The van der Waals surface area contributed by atoms with Gasteiger partial charge in [-0.2, -0.15) is 5.10 Å². The van der Waals surface area contributed by atoms with Crippen molar-refractivity contribution in [2.75, 3.05) is 18.4 Å². The van der Waals surface area contributed by atoms with Crippen LogP contribution in [-0.2, 0) is 0 Å². The summed E-state index contributed by atoms with van der Waals surface area (Å²) in [6.07, 6.45) is 0. The number of anilines is 1. The zero-order valence-electron chi connectivity index (χ0n) is 17.3. The largest absolute Gasteiger partial charge is 0.367 e. The Morgan fingerprint density at radius 1 is 0.933 bits per heavy atom. The summed E-state index contributed by atoms with van der Waals surface area (Å²) >= 11 is 0. The lowest BCUT2D eigenvalue weighted by Gasteiger charge is -2.09. The molecule has 7 nitrogen and oxygen atoms in total. The molecule has 4 rings (SSSR count). The number of aromatic nitrogens is 4. The van der Waals surface area contributed by atoms with Crippen molar-refractivity contribution in [3.05, 3.63) is 77.1 Å². The Labute approximate surface area is 175 Å². The number of nitrogens with zero attached hydrogens (tertiary/aromatic N) is 4. The fraction of sp³-hybridized carbons (Fsp3) is 0.217. The number of fused-ring (bicyclic) bond motifs is 1. The van der Waals surface area contributed by atoms with Crippen LogP contribution in [0, 0.1) is 20.8 Å². The molecule has 0 aliphatic rings. The number of aryl methyl sites for hydroxylation is 1. The van der Waals surface area contributed by atoms with Crippen molar-refractivity contribution in [2.45, 2.75) is 20.8 Å². The number of benzene rings is 2. The van der Waals surface area contributed by atoms with Crippen LogP contribution in [0.3, 0.4) is 0 Å². The Hall–Kier alpha value is -3.74. The summed E-state index contributed by atoms with van der Waals surface area (Å²) in [5.74, 6) is 1.24. The van der Waals surface area contributed by atoms with Crippen LogP contribution in [-0.4, -0.2) is 39.0 Å². The molecule has 0 bridgehead atoms. The van der Waals surface area contributed by atoms with E-state index in [1.165, 1.54) is 0 Å². The second-order valence-corrected chi connectivity index (χ2v) is 7.19. The van der Waals surface area contributed by atoms with Gasteiger partial charge in [0.05, 0.1) is 5.69 Å². The van der Waals surface area contributed by atoms with Gasteiger partial charge in [0, 0.05) is 24.3 Å². The van der Waals surface area contributed by atoms with E-state index in [4.69, 9.17) is 0 Å². The Bertz CT molecular complexity index is 1190. The van der Waals surface area contributed by atoms with Gasteiger partial charge in [0.1, 0.15) is 5.82 Å². The highest BCUT2D eigenvalue weighted by molar-refractivity contribution is 6.06. The Kier molecular flexibility index (Phi) is 5.43. The molecule has 4 aromatic rings. The first kappa shape index (κ1) is 19.6. The summed E-state index contributed by atoms with van der Waals surface area (Å²) in [7, 11) is 0. The van der Waals surface area contributed by atoms with Gasteiger partial charge in [-0.05, 0) is 55.3 Å². The average molecular weight is 400 g/mol. The Morgan fingerprint density at radius 3 is 2.47 bits per heavy atom. The van der Waals surface area contributed by atoms with Crippen molar-refractivity contribution in [1.29, 1.82) is 0 Å². The maximum atomic E-state index is 12.6. The van der Waals surface area contributed by atoms with Crippen molar-refractivity contribution in [1.82, 2.24) is 25.3 Å².